The summed E-state index contributed by atoms with van der Waals surface area (Å²) in [5.74, 6) is -0.863. The normalized spacial score (nSPS) is 13.8. The molecule has 1 N–H and O–H groups in total. The van der Waals surface area contributed by atoms with Gasteiger partial charge in [0.15, 0.2) is 0 Å². The van der Waals surface area contributed by atoms with Crippen molar-refractivity contribution < 1.29 is 9.90 Å². The summed E-state index contributed by atoms with van der Waals surface area (Å²) >= 11 is 1.58. The molecule has 1 aliphatic carbocycles. The van der Waals surface area contributed by atoms with Crippen LogP contribution in [-0.4, -0.2) is 11.1 Å². The molecule has 0 saturated heterocycles. The Morgan fingerprint density at radius 2 is 1.70 bits per heavy atom. The van der Waals surface area contributed by atoms with Gasteiger partial charge in [0.25, 0.3) is 0 Å². The molecule has 20 heavy (non-hydrogen) atoms. The van der Waals surface area contributed by atoms with Crippen LogP contribution in [0.2, 0.25) is 0 Å². The van der Waals surface area contributed by atoms with Gasteiger partial charge in [-0.05, 0) is 55.0 Å². The molecule has 0 heterocycles. The van der Waals surface area contributed by atoms with Crippen molar-refractivity contribution in [3.63, 3.8) is 0 Å². The van der Waals surface area contributed by atoms with Crippen molar-refractivity contribution in [2.24, 2.45) is 0 Å². The first-order chi connectivity index (χ1) is 9.75. The second kappa shape index (κ2) is 5.71. The van der Waals surface area contributed by atoms with E-state index < -0.39 is 5.97 Å². The molecule has 0 radical (unpaired) electrons. The zero-order chi connectivity index (χ0) is 13.9. The summed E-state index contributed by atoms with van der Waals surface area (Å²) in [6.07, 6.45) is 4.73. The molecule has 2 aromatic rings. The molecule has 0 saturated carbocycles. The lowest BCUT2D eigenvalue weighted by Gasteiger charge is -2.19. The number of rotatable bonds is 3. The summed E-state index contributed by atoms with van der Waals surface area (Å²) in [4.78, 5) is 13.3. The molecule has 0 unspecified atom stereocenters. The van der Waals surface area contributed by atoms with Crippen molar-refractivity contribution in [1.82, 2.24) is 0 Å². The Hall–Kier alpha value is -1.74. The standard InChI is InChI=1S/C17H16O2S/c18-17(19)14-9-3-4-10-16(14)20-15-11-5-7-12-6-1-2-8-13(12)15/h3-5,7,9-11H,1-2,6,8H2,(H,18,19). The van der Waals surface area contributed by atoms with Crippen molar-refractivity contribution in [3.8, 4) is 0 Å². The second-order valence-electron chi connectivity index (χ2n) is 5.00. The smallest absolute Gasteiger partial charge is 0.336 e. The third-order valence-electron chi connectivity index (χ3n) is 3.69. The molecule has 2 nitrogen and oxygen atoms in total. The fourth-order valence-electron chi connectivity index (χ4n) is 2.69. The lowest BCUT2D eigenvalue weighted by Crippen LogP contribution is -2.04. The van der Waals surface area contributed by atoms with E-state index in [-0.39, 0.29) is 0 Å². The van der Waals surface area contributed by atoms with Crippen molar-refractivity contribution in [2.75, 3.05) is 0 Å². The Morgan fingerprint density at radius 3 is 2.55 bits per heavy atom. The maximum absolute atomic E-state index is 11.3. The maximum Gasteiger partial charge on any atom is 0.336 e. The highest BCUT2D eigenvalue weighted by molar-refractivity contribution is 7.99. The molecule has 0 bridgehead atoms. The van der Waals surface area contributed by atoms with E-state index >= 15 is 0 Å². The van der Waals surface area contributed by atoms with E-state index in [1.807, 2.05) is 12.1 Å². The van der Waals surface area contributed by atoms with Crippen molar-refractivity contribution in [2.45, 2.75) is 35.5 Å². The topological polar surface area (TPSA) is 37.3 Å². The second-order valence-corrected chi connectivity index (χ2v) is 6.09. The van der Waals surface area contributed by atoms with Crippen LogP contribution in [0.4, 0.5) is 0 Å². The quantitative estimate of drug-likeness (QED) is 0.906. The Labute approximate surface area is 122 Å². The summed E-state index contributed by atoms with van der Waals surface area (Å²) in [7, 11) is 0. The number of carboxylic acids is 1. The lowest BCUT2D eigenvalue weighted by atomic mass is 9.92. The monoisotopic (exact) mass is 284 g/mol. The van der Waals surface area contributed by atoms with Gasteiger partial charge in [0.2, 0.25) is 0 Å². The molecule has 3 heteroatoms. The maximum atomic E-state index is 11.3. The van der Waals surface area contributed by atoms with E-state index in [0.29, 0.717) is 5.56 Å². The molecule has 0 amide bonds. The van der Waals surface area contributed by atoms with Gasteiger partial charge in [-0.1, -0.05) is 36.0 Å². The van der Waals surface area contributed by atoms with E-state index in [1.54, 1.807) is 23.9 Å². The number of carboxylic acid groups (broad SMARTS) is 1. The van der Waals surface area contributed by atoms with Crippen LogP contribution in [0, 0.1) is 0 Å². The Bertz CT molecular complexity index is 649. The number of aromatic carboxylic acids is 1. The first kappa shape index (κ1) is 13.3. The fourth-order valence-corrected chi connectivity index (χ4v) is 3.84. The molecule has 0 aliphatic heterocycles. The molecule has 3 rings (SSSR count). The average molecular weight is 284 g/mol. The summed E-state index contributed by atoms with van der Waals surface area (Å²) in [5, 5.41) is 9.27. The summed E-state index contributed by atoms with van der Waals surface area (Å²) in [6.45, 7) is 0. The summed E-state index contributed by atoms with van der Waals surface area (Å²) in [6, 6.07) is 13.6. The number of carbonyl (C=O) groups is 1. The minimum absolute atomic E-state index is 0.380. The molecule has 0 spiro atoms. The minimum atomic E-state index is -0.863. The highest BCUT2D eigenvalue weighted by Crippen LogP contribution is 2.36. The number of benzene rings is 2. The number of hydrogen-bond acceptors (Lipinski definition) is 2. The molecular weight excluding hydrogens is 268 g/mol. The minimum Gasteiger partial charge on any atom is -0.478 e. The average Bonchev–Trinajstić information content (AvgIpc) is 2.48. The number of fused-ring (bicyclic) bond motifs is 1. The molecule has 0 fully saturated rings. The van der Waals surface area contributed by atoms with Gasteiger partial charge in [0.05, 0.1) is 5.56 Å². The van der Waals surface area contributed by atoms with Crippen LogP contribution < -0.4 is 0 Å². The third kappa shape index (κ3) is 2.59. The SMILES string of the molecule is O=C(O)c1ccccc1Sc1cccc2c1CCCC2. The number of aryl methyl sites for hydroxylation is 1. The zero-order valence-electron chi connectivity index (χ0n) is 11.1. The molecule has 2 aromatic carbocycles. The van der Waals surface area contributed by atoms with Gasteiger partial charge in [-0.2, -0.15) is 0 Å². The third-order valence-corrected chi connectivity index (χ3v) is 4.87. The highest BCUT2D eigenvalue weighted by atomic mass is 32.2. The summed E-state index contributed by atoms with van der Waals surface area (Å²) < 4.78 is 0. The van der Waals surface area contributed by atoms with Gasteiger partial charge in [0.1, 0.15) is 0 Å². The van der Waals surface area contributed by atoms with E-state index in [9.17, 15) is 9.90 Å². The van der Waals surface area contributed by atoms with E-state index in [0.717, 1.165) is 17.7 Å². The first-order valence-corrected chi connectivity index (χ1v) is 7.68. The van der Waals surface area contributed by atoms with Crippen LogP contribution in [0.15, 0.2) is 52.3 Å². The van der Waals surface area contributed by atoms with Gasteiger partial charge in [-0.15, -0.1) is 0 Å². The van der Waals surface area contributed by atoms with Crippen LogP contribution in [-0.2, 0) is 12.8 Å². The predicted molar refractivity (Wildman–Crippen MR) is 80.6 cm³/mol. The van der Waals surface area contributed by atoms with Crippen molar-refractivity contribution in [1.29, 1.82) is 0 Å². The van der Waals surface area contributed by atoms with Crippen LogP contribution in [0.3, 0.4) is 0 Å². The largest absolute Gasteiger partial charge is 0.478 e. The van der Waals surface area contributed by atoms with Gasteiger partial charge in [-0.25, -0.2) is 4.79 Å². The highest BCUT2D eigenvalue weighted by Gasteiger charge is 2.16. The Morgan fingerprint density at radius 1 is 0.950 bits per heavy atom. The molecule has 0 aromatic heterocycles. The van der Waals surface area contributed by atoms with Crippen molar-refractivity contribution >= 4 is 17.7 Å². The summed E-state index contributed by atoms with van der Waals surface area (Å²) in [5.41, 5.74) is 3.21. The van der Waals surface area contributed by atoms with Gasteiger partial charge in [0, 0.05) is 9.79 Å². The Balaban J connectivity index is 1.98. The van der Waals surface area contributed by atoms with Gasteiger partial charge < -0.3 is 5.11 Å². The van der Waals surface area contributed by atoms with Crippen molar-refractivity contribution in [3.05, 3.63) is 59.2 Å². The van der Waals surface area contributed by atoms with Crippen LogP contribution in [0.25, 0.3) is 0 Å². The molecule has 1 aliphatic rings. The molecule has 102 valence electrons. The lowest BCUT2D eigenvalue weighted by molar-refractivity contribution is 0.0693. The van der Waals surface area contributed by atoms with Crippen LogP contribution >= 0.6 is 11.8 Å². The molecule has 0 atom stereocenters. The predicted octanol–water partition coefficient (Wildman–Crippen LogP) is 4.41. The van der Waals surface area contributed by atoms with Gasteiger partial charge >= 0.3 is 5.97 Å². The fraction of sp³-hybridized carbons (Fsp3) is 0.235. The van der Waals surface area contributed by atoms with E-state index in [4.69, 9.17) is 0 Å². The molecular formula is C17H16O2S. The van der Waals surface area contributed by atoms with E-state index in [1.165, 1.54) is 28.9 Å². The first-order valence-electron chi connectivity index (χ1n) is 6.86. The van der Waals surface area contributed by atoms with Crippen LogP contribution in [0.1, 0.15) is 34.3 Å². The zero-order valence-corrected chi connectivity index (χ0v) is 12.0. The van der Waals surface area contributed by atoms with Gasteiger partial charge in [-0.3, -0.25) is 0 Å². The van der Waals surface area contributed by atoms with Crippen LogP contribution in [0.5, 0.6) is 0 Å². The van der Waals surface area contributed by atoms with E-state index in [2.05, 4.69) is 18.2 Å². The Kier molecular flexibility index (Phi) is 3.79. The number of hydrogen-bond donors (Lipinski definition) is 1.